The van der Waals surface area contributed by atoms with Gasteiger partial charge >= 0.3 is 0 Å². The highest BCUT2D eigenvalue weighted by Crippen LogP contribution is 2.32. The van der Waals surface area contributed by atoms with E-state index in [2.05, 4.69) is 6.07 Å². The molecule has 12 heavy (non-hydrogen) atoms. The fourth-order valence-electron chi connectivity index (χ4n) is 1.04. The lowest BCUT2D eigenvalue weighted by molar-refractivity contribution is -0.0721. The third kappa shape index (κ3) is 2.33. The number of nitrogens with zero attached hydrogens (tertiary/aromatic N) is 1. The molecule has 1 aliphatic rings. The first-order valence-electron chi connectivity index (χ1n) is 3.99. The molecule has 3 nitrogen and oxygen atoms in total. The van der Waals surface area contributed by atoms with Gasteiger partial charge in [-0.25, -0.2) is 0 Å². The van der Waals surface area contributed by atoms with Gasteiger partial charge in [0, 0.05) is 14.2 Å². The fourth-order valence-corrected chi connectivity index (χ4v) is 1.04. The van der Waals surface area contributed by atoms with Gasteiger partial charge in [-0.1, -0.05) is 6.08 Å². The average Bonchev–Trinajstić information content (AvgIpc) is 2.88. The molecule has 0 N–H and O–H groups in total. The molecule has 66 valence electrons. The molecule has 1 rings (SSSR count). The maximum absolute atomic E-state index is 8.76. The summed E-state index contributed by atoms with van der Waals surface area (Å²) in [5, 5.41) is 8.76. The Morgan fingerprint density at radius 2 is 2.08 bits per heavy atom. The van der Waals surface area contributed by atoms with E-state index in [-0.39, 0.29) is 0 Å². The Balaban J connectivity index is 2.59. The first-order valence-corrected chi connectivity index (χ1v) is 3.99. The van der Waals surface area contributed by atoms with Gasteiger partial charge in [-0.15, -0.1) is 0 Å². The van der Waals surface area contributed by atoms with Crippen molar-refractivity contribution in [3.8, 4) is 6.07 Å². The van der Waals surface area contributed by atoms with Crippen molar-refractivity contribution in [2.24, 2.45) is 5.92 Å². The first-order chi connectivity index (χ1) is 5.81. The molecule has 0 bridgehead atoms. The second-order valence-electron chi connectivity index (χ2n) is 2.87. The maximum Gasteiger partial charge on any atom is 0.192 e. The predicted octanol–water partition coefficient (Wildman–Crippen LogP) is 1.47. The van der Waals surface area contributed by atoms with Crippen LogP contribution >= 0.6 is 0 Å². The van der Waals surface area contributed by atoms with Crippen molar-refractivity contribution in [1.29, 1.82) is 5.26 Å². The molecule has 0 aromatic rings. The molecule has 3 heteroatoms. The van der Waals surface area contributed by atoms with Crippen LogP contribution in [0.2, 0.25) is 0 Å². The molecule has 0 spiro atoms. The van der Waals surface area contributed by atoms with Crippen LogP contribution in [0.1, 0.15) is 12.8 Å². The number of hydrogen-bond acceptors (Lipinski definition) is 3. The summed E-state index contributed by atoms with van der Waals surface area (Å²) in [5.74, 6) is 0.576. The number of methoxy groups -OCH3 is 2. The van der Waals surface area contributed by atoms with E-state index in [4.69, 9.17) is 14.7 Å². The Morgan fingerprint density at radius 1 is 1.50 bits per heavy atom. The van der Waals surface area contributed by atoms with Crippen LogP contribution in [0.25, 0.3) is 0 Å². The summed E-state index contributed by atoms with van der Waals surface area (Å²) < 4.78 is 9.94. The van der Waals surface area contributed by atoms with E-state index in [1.165, 1.54) is 27.1 Å². The highest BCUT2D eigenvalue weighted by molar-refractivity contribution is 5.25. The lowest BCUT2D eigenvalue weighted by Crippen LogP contribution is -2.15. The molecular weight excluding hydrogens is 154 g/mol. The van der Waals surface area contributed by atoms with Crippen LogP contribution in [0.3, 0.4) is 0 Å². The molecular formula is C9H13NO2. The van der Waals surface area contributed by atoms with Gasteiger partial charge in [-0.05, 0) is 18.8 Å². The Bertz CT molecular complexity index is 209. The van der Waals surface area contributed by atoms with Gasteiger partial charge in [0.1, 0.15) is 0 Å². The van der Waals surface area contributed by atoms with Crippen LogP contribution in [0.5, 0.6) is 0 Å². The molecule has 1 aliphatic carbocycles. The summed E-state index contributed by atoms with van der Waals surface area (Å²) >= 11 is 0. The average molecular weight is 167 g/mol. The Labute approximate surface area is 72.6 Å². The van der Waals surface area contributed by atoms with E-state index < -0.39 is 6.29 Å². The predicted molar refractivity (Wildman–Crippen MR) is 44.2 cm³/mol. The van der Waals surface area contributed by atoms with Crippen molar-refractivity contribution >= 4 is 0 Å². The topological polar surface area (TPSA) is 42.2 Å². The molecule has 0 heterocycles. The second-order valence-corrected chi connectivity index (χ2v) is 2.87. The first kappa shape index (κ1) is 9.24. The summed E-state index contributed by atoms with van der Waals surface area (Å²) in [6.07, 6.45) is 3.82. The number of hydrogen-bond donors (Lipinski definition) is 0. The van der Waals surface area contributed by atoms with Gasteiger partial charge in [0.05, 0.1) is 11.6 Å². The van der Waals surface area contributed by atoms with E-state index in [0.717, 1.165) is 0 Å². The zero-order valence-corrected chi connectivity index (χ0v) is 7.41. The van der Waals surface area contributed by atoms with Crippen molar-refractivity contribution in [1.82, 2.24) is 0 Å². The summed E-state index contributed by atoms with van der Waals surface area (Å²) in [4.78, 5) is 0. The maximum atomic E-state index is 8.76. The summed E-state index contributed by atoms with van der Waals surface area (Å²) in [7, 11) is 3.07. The van der Waals surface area contributed by atoms with Crippen LogP contribution in [-0.4, -0.2) is 20.5 Å². The van der Waals surface area contributed by atoms with Crippen LogP contribution in [0, 0.1) is 17.2 Å². The van der Waals surface area contributed by atoms with Crippen molar-refractivity contribution in [3.63, 3.8) is 0 Å². The molecule has 0 atom stereocenters. The highest BCUT2D eigenvalue weighted by atomic mass is 16.7. The fraction of sp³-hybridized carbons (Fsp3) is 0.667. The van der Waals surface area contributed by atoms with E-state index in [9.17, 15) is 0 Å². The van der Waals surface area contributed by atoms with Gasteiger partial charge in [-0.3, -0.25) is 0 Å². The smallest absolute Gasteiger partial charge is 0.192 e. The monoisotopic (exact) mass is 167 g/mol. The lowest BCUT2D eigenvalue weighted by Gasteiger charge is -2.11. The van der Waals surface area contributed by atoms with E-state index in [0.29, 0.717) is 11.5 Å². The van der Waals surface area contributed by atoms with E-state index >= 15 is 0 Å². The highest BCUT2D eigenvalue weighted by Gasteiger charge is 2.22. The van der Waals surface area contributed by atoms with Crippen molar-refractivity contribution in [2.45, 2.75) is 19.1 Å². The zero-order chi connectivity index (χ0) is 8.97. The minimum absolute atomic E-state index is 0.490. The van der Waals surface area contributed by atoms with Gasteiger partial charge in [0.25, 0.3) is 0 Å². The minimum atomic E-state index is -0.490. The Hall–Kier alpha value is -0.850. The molecule has 0 aromatic carbocycles. The molecule has 1 saturated carbocycles. The summed E-state index contributed by atoms with van der Waals surface area (Å²) in [6, 6.07) is 2.09. The molecule has 0 saturated heterocycles. The summed E-state index contributed by atoms with van der Waals surface area (Å²) in [6.45, 7) is 0. The van der Waals surface area contributed by atoms with Gasteiger partial charge in [-0.2, -0.15) is 5.26 Å². The Morgan fingerprint density at radius 3 is 2.42 bits per heavy atom. The standard InChI is InChI=1S/C9H13NO2/c1-11-9(12-2)8(6-10)5-7-3-4-7/h5,7,9H,3-4H2,1-2H3/b8-5+. The SMILES string of the molecule is COC(OC)/C(C#N)=C/C1CC1. The molecule has 0 unspecified atom stereocenters. The van der Waals surface area contributed by atoms with Gasteiger partial charge in [0.15, 0.2) is 6.29 Å². The largest absolute Gasteiger partial charge is 0.351 e. The Kier molecular flexibility index (Phi) is 3.27. The summed E-state index contributed by atoms with van der Waals surface area (Å²) in [5.41, 5.74) is 0.586. The van der Waals surface area contributed by atoms with Crippen LogP contribution in [0.15, 0.2) is 11.6 Å². The van der Waals surface area contributed by atoms with Crippen molar-refractivity contribution < 1.29 is 9.47 Å². The number of nitriles is 1. The normalized spacial score (nSPS) is 18.0. The molecule has 0 radical (unpaired) electrons. The molecule has 0 aliphatic heterocycles. The van der Waals surface area contributed by atoms with Crippen molar-refractivity contribution in [2.75, 3.05) is 14.2 Å². The third-order valence-corrected chi connectivity index (χ3v) is 1.85. The van der Waals surface area contributed by atoms with E-state index in [1.807, 2.05) is 6.08 Å². The molecule has 0 aromatic heterocycles. The lowest BCUT2D eigenvalue weighted by atomic mass is 10.2. The zero-order valence-electron chi connectivity index (χ0n) is 7.41. The second kappa shape index (κ2) is 4.24. The number of ether oxygens (including phenoxy) is 2. The number of allylic oxidation sites excluding steroid dienone is 1. The minimum Gasteiger partial charge on any atom is -0.351 e. The molecule has 1 fully saturated rings. The third-order valence-electron chi connectivity index (χ3n) is 1.85. The van der Waals surface area contributed by atoms with E-state index in [1.54, 1.807) is 0 Å². The molecule has 0 amide bonds. The van der Waals surface area contributed by atoms with Crippen molar-refractivity contribution in [3.05, 3.63) is 11.6 Å². The van der Waals surface area contributed by atoms with Crippen LogP contribution in [-0.2, 0) is 9.47 Å². The van der Waals surface area contributed by atoms with Crippen LogP contribution < -0.4 is 0 Å². The van der Waals surface area contributed by atoms with Gasteiger partial charge < -0.3 is 9.47 Å². The van der Waals surface area contributed by atoms with Gasteiger partial charge in [0.2, 0.25) is 0 Å². The van der Waals surface area contributed by atoms with Crippen LogP contribution in [0.4, 0.5) is 0 Å². The quantitative estimate of drug-likeness (QED) is 0.470. The number of rotatable bonds is 4.